The van der Waals surface area contributed by atoms with Gasteiger partial charge in [0.25, 0.3) is 0 Å². The Balaban J connectivity index is 1.52. The average Bonchev–Trinajstić information content (AvgIpc) is 2.44. The summed E-state index contributed by atoms with van der Waals surface area (Å²) < 4.78 is 0. The fraction of sp³-hybridized carbons (Fsp3) is 0.941. The number of aliphatic hydroxyl groups is 1. The molecule has 1 aliphatic heterocycles. The van der Waals surface area contributed by atoms with E-state index in [-0.39, 0.29) is 12.5 Å². The number of likely N-dealkylation sites (tertiary alicyclic amines) is 1. The van der Waals surface area contributed by atoms with Crippen molar-refractivity contribution in [3.63, 3.8) is 0 Å². The van der Waals surface area contributed by atoms with Gasteiger partial charge in [0.05, 0.1) is 0 Å². The van der Waals surface area contributed by atoms with E-state index in [9.17, 15) is 4.79 Å². The lowest BCUT2D eigenvalue weighted by Crippen LogP contribution is -2.40. The Kier molecular flexibility index (Phi) is 6.97. The first-order valence-corrected chi connectivity index (χ1v) is 8.77. The molecule has 122 valence electrons. The first-order valence-electron chi connectivity index (χ1n) is 8.77. The molecule has 1 aliphatic carbocycles. The zero-order chi connectivity index (χ0) is 15.1. The largest absolute Gasteiger partial charge is 0.396 e. The van der Waals surface area contributed by atoms with Crippen LogP contribution in [0.15, 0.2) is 0 Å². The lowest BCUT2D eigenvalue weighted by Gasteiger charge is -2.33. The Hall–Kier alpha value is -0.610. The molecule has 0 spiro atoms. The van der Waals surface area contributed by atoms with Gasteiger partial charge in [0.15, 0.2) is 0 Å². The molecule has 0 radical (unpaired) electrons. The van der Waals surface area contributed by atoms with E-state index in [0.717, 1.165) is 44.9 Å². The maximum atomic E-state index is 11.8. The number of hydrogen-bond acceptors (Lipinski definition) is 3. The van der Waals surface area contributed by atoms with Crippen LogP contribution >= 0.6 is 0 Å². The number of nitrogens with one attached hydrogen (secondary N) is 1. The number of carbonyl (C=O) groups excluding carboxylic acids is 1. The van der Waals surface area contributed by atoms with Gasteiger partial charge in [-0.05, 0) is 50.1 Å². The quantitative estimate of drug-likeness (QED) is 0.720. The predicted octanol–water partition coefficient (Wildman–Crippen LogP) is 2.02. The van der Waals surface area contributed by atoms with E-state index in [2.05, 4.69) is 17.1 Å². The summed E-state index contributed by atoms with van der Waals surface area (Å²) in [6, 6.07) is 0. The van der Waals surface area contributed by atoms with Crippen LogP contribution in [0.5, 0.6) is 0 Å². The minimum absolute atomic E-state index is 0.248. The summed E-state index contributed by atoms with van der Waals surface area (Å²) in [6.45, 7) is 6.43. The van der Waals surface area contributed by atoms with E-state index in [1.807, 2.05) is 0 Å². The molecule has 0 aromatic carbocycles. The van der Waals surface area contributed by atoms with Crippen LogP contribution < -0.4 is 5.32 Å². The summed E-state index contributed by atoms with van der Waals surface area (Å²) >= 11 is 0. The third-order valence-electron chi connectivity index (χ3n) is 5.18. The van der Waals surface area contributed by atoms with Crippen LogP contribution in [0.25, 0.3) is 0 Å². The molecule has 0 aromatic heterocycles. The molecule has 0 aromatic rings. The molecular formula is C17H32N2O2. The number of hydrogen-bond donors (Lipinski definition) is 2. The summed E-state index contributed by atoms with van der Waals surface area (Å²) in [5.41, 5.74) is 0. The van der Waals surface area contributed by atoms with Gasteiger partial charge in [0, 0.05) is 26.1 Å². The van der Waals surface area contributed by atoms with Crippen LogP contribution in [0.3, 0.4) is 0 Å². The molecule has 21 heavy (non-hydrogen) atoms. The van der Waals surface area contributed by atoms with Crippen LogP contribution in [-0.4, -0.2) is 48.7 Å². The Bertz CT molecular complexity index is 310. The number of carbonyl (C=O) groups is 1. The van der Waals surface area contributed by atoms with E-state index >= 15 is 0 Å². The Morgan fingerprint density at radius 2 is 1.95 bits per heavy atom. The maximum Gasteiger partial charge on any atom is 0.220 e. The number of rotatable bonds is 8. The van der Waals surface area contributed by atoms with Crippen molar-refractivity contribution in [3.05, 3.63) is 0 Å². The molecule has 2 N–H and O–H groups in total. The van der Waals surface area contributed by atoms with Crippen molar-refractivity contribution in [2.75, 3.05) is 32.8 Å². The Morgan fingerprint density at radius 1 is 1.24 bits per heavy atom. The predicted molar refractivity (Wildman–Crippen MR) is 85.0 cm³/mol. The first kappa shape index (κ1) is 16.8. The molecule has 4 nitrogen and oxygen atoms in total. The Morgan fingerprint density at radius 3 is 2.52 bits per heavy atom. The number of amides is 1. The van der Waals surface area contributed by atoms with Crippen LogP contribution in [0.1, 0.15) is 51.9 Å². The third-order valence-corrected chi connectivity index (χ3v) is 5.18. The highest BCUT2D eigenvalue weighted by Gasteiger charge is 2.21. The van der Waals surface area contributed by atoms with Gasteiger partial charge in [0.1, 0.15) is 0 Å². The number of aliphatic hydroxyl groups excluding tert-OH is 1. The summed E-state index contributed by atoms with van der Waals surface area (Å²) in [5, 5.41) is 12.2. The number of piperidine rings is 1. The van der Waals surface area contributed by atoms with Gasteiger partial charge in [-0.2, -0.15) is 0 Å². The first-order chi connectivity index (χ1) is 10.2. The normalized spacial score (nSPS) is 22.8. The molecule has 1 amide bonds. The second kappa shape index (κ2) is 8.74. The molecule has 0 bridgehead atoms. The summed E-state index contributed by atoms with van der Waals surface area (Å²) in [5.74, 6) is 2.08. The van der Waals surface area contributed by atoms with Gasteiger partial charge in [-0.3, -0.25) is 4.79 Å². The lowest BCUT2D eigenvalue weighted by atomic mass is 9.82. The summed E-state index contributed by atoms with van der Waals surface area (Å²) in [7, 11) is 0. The van der Waals surface area contributed by atoms with Crippen molar-refractivity contribution in [1.29, 1.82) is 0 Å². The molecule has 0 unspecified atom stereocenters. The second-order valence-corrected chi connectivity index (χ2v) is 7.17. The van der Waals surface area contributed by atoms with Crippen molar-refractivity contribution in [1.82, 2.24) is 10.2 Å². The molecule has 4 heteroatoms. The van der Waals surface area contributed by atoms with Crippen molar-refractivity contribution < 1.29 is 9.90 Å². The van der Waals surface area contributed by atoms with Crippen molar-refractivity contribution >= 4 is 5.91 Å². The van der Waals surface area contributed by atoms with Crippen molar-refractivity contribution in [3.8, 4) is 0 Å². The van der Waals surface area contributed by atoms with Crippen molar-refractivity contribution in [2.45, 2.75) is 51.9 Å². The highest BCUT2D eigenvalue weighted by atomic mass is 16.3. The standard InChI is InChI=1S/C17H32N2O2/c1-14(13-20)12-19-9-7-16(8-10-19)11-18-17(21)6-5-15-3-2-4-15/h14-16,20H,2-13H2,1H3,(H,18,21)/t14-/m1/s1. The summed E-state index contributed by atoms with van der Waals surface area (Å²) in [6.07, 6.45) is 8.17. The molecule has 1 heterocycles. The van der Waals surface area contributed by atoms with Gasteiger partial charge in [-0.25, -0.2) is 0 Å². The fourth-order valence-corrected chi connectivity index (χ4v) is 3.33. The molecule has 1 saturated carbocycles. The van der Waals surface area contributed by atoms with E-state index < -0.39 is 0 Å². The van der Waals surface area contributed by atoms with Crippen LogP contribution in [-0.2, 0) is 4.79 Å². The van der Waals surface area contributed by atoms with Crippen LogP contribution in [0, 0.1) is 17.8 Å². The van der Waals surface area contributed by atoms with Gasteiger partial charge in [0.2, 0.25) is 5.91 Å². The minimum Gasteiger partial charge on any atom is -0.396 e. The summed E-state index contributed by atoms with van der Waals surface area (Å²) in [4.78, 5) is 14.3. The maximum absolute atomic E-state index is 11.8. The zero-order valence-electron chi connectivity index (χ0n) is 13.5. The molecule has 1 atom stereocenters. The van der Waals surface area contributed by atoms with Crippen LogP contribution in [0.4, 0.5) is 0 Å². The number of nitrogens with zero attached hydrogens (tertiary/aromatic N) is 1. The smallest absolute Gasteiger partial charge is 0.220 e. The van der Waals surface area contributed by atoms with Gasteiger partial charge in [-0.1, -0.05) is 26.2 Å². The van der Waals surface area contributed by atoms with E-state index in [4.69, 9.17) is 5.11 Å². The monoisotopic (exact) mass is 296 g/mol. The molecular weight excluding hydrogens is 264 g/mol. The van der Waals surface area contributed by atoms with E-state index in [1.165, 1.54) is 32.1 Å². The average molecular weight is 296 g/mol. The Labute approximate surface area is 129 Å². The van der Waals surface area contributed by atoms with Gasteiger partial charge in [-0.15, -0.1) is 0 Å². The lowest BCUT2D eigenvalue weighted by molar-refractivity contribution is -0.121. The highest BCUT2D eigenvalue weighted by molar-refractivity contribution is 5.75. The third kappa shape index (κ3) is 5.95. The molecule has 1 saturated heterocycles. The SMILES string of the molecule is C[C@@H](CO)CN1CCC(CNC(=O)CCC2CCC2)CC1. The van der Waals surface area contributed by atoms with Crippen molar-refractivity contribution in [2.24, 2.45) is 17.8 Å². The molecule has 2 rings (SSSR count). The fourth-order valence-electron chi connectivity index (χ4n) is 3.33. The molecule has 2 fully saturated rings. The van der Waals surface area contributed by atoms with Gasteiger partial charge >= 0.3 is 0 Å². The highest BCUT2D eigenvalue weighted by Crippen LogP contribution is 2.30. The van der Waals surface area contributed by atoms with E-state index in [0.29, 0.717) is 11.8 Å². The van der Waals surface area contributed by atoms with Gasteiger partial charge < -0.3 is 15.3 Å². The van der Waals surface area contributed by atoms with E-state index in [1.54, 1.807) is 0 Å². The molecule has 2 aliphatic rings. The van der Waals surface area contributed by atoms with Crippen LogP contribution in [0.2, 0.25) is 0 Å². The zero-order valence-corrected chi connectivity index (χ0v) is 13.5. The second-order valence-electron chi connectivity index (χ2n) is 7.17. The topological polar surface area (TPSA) is 52.6 Å². The minimum atomic E-state index is 0.248.